The van der Waals surface area contributed by atoms with Crippen LogP contribution in [0.2, 0.25) is 0 Å². The quantitative estimate of drug-likeness (QED) is 0.126. The van der Waals surface area contributed by atoms with Gasteiger partial charge in [0.15, 0.2) is 11.6 Å². The van der Waals surface area contributed by atoms with Gasteiger partial charge in [0.1, 0.15) is 22.0 Å². The molecule has 0 aliphatic heterocycles. The van der Waals surface area contributed by atoms with Crippen molar-refractivity contribution in [3.8, 4) is 21.9 Å². The molecule has 2 amide bonds. The number of fused-ring (bicyclic) bond motifs is 1. The Bertz CT molecular complexity index is 1930. The van der Waals surface area contributed by atoms with E-state index in [1.54, 1.807) is 43.6 Å². The van der Waals surface area contributed by atoms with Crippen LogP contribution in [0.5, 0.6) is 11.5 Å². The van der Waals surface area contributed by atoms with Crippen molar-refractivity contribution < 1.29 is 27.1 Å². The van der Waals surface area contributed by atoms with Crippen molar-refractivity contribution in [2.24, 2.45) is 0 Å². The van der Waals surface area contributed by atoms with Crippen LogP contribution in [0.15, 0.2) is 91.1 Å². The fraction of sp³-hybridized carbons (Fsp3) is 0.182. The maximum atomic E-state index is 15.1. The average Bonchev–Trinajstić information content (AvgIpc) is 3.46. The van der Waals surface area contributed by atoms with E-state index in [-0.39, 0.29) is 17.2 Å². The molecule has 45 heavy (non-hydrogen) atoms. The lowest BCUT2D eigenvalue weighted by atomic mass is 10.1. The van der Waals surface area contributed by atoms with Crippen molar-refractivity contribution in [1.29, 1.82) is 0 Å². The predicted octanol–water partition coefficient (Wildman–Crippen LogP) is 6.02. The molecule has 0 saturated heterocycles. The lowest BCUT2D eigenvalue weighted by molar-refractivity contribution is -0.125. The molecule has 2 heterocycles. The van der Waals surface area contributed by atoms with Gasteiger partial charge < -0.3 is 20.3 Å². The number of nitrogens with zero attached hydrogens (tertiary/aromatic N) is 2. The zero-order chi connectivity index (χ0) is 32.0. The van der Waals surface area contributed by atoms with Gasteiger partial charge >= 0.3 is 0 Å². The van der Waals surface area contributed by atoms with Crippen LogP contribution in [-0.2, 0) is 26.0 Å². The van der Waals surface area contributed by atoms with Crippen LogP contribution in [-0.4, -0.2) is 50.8 Å². The Hall–Kier alpha value is -4.65. The number of hydrogen-bond donors (Lipinski definition) is 2. The zero-order valence-electron chi connectivity index (χ0n) is 24.6. The Morgan fingerprint density at radius 3 is 2.44 bits per heavy atom. The molecule has 0 fully saturated rings. The first-order valence-corrected chi connectivity index (χ1v) is 16.9. The Morgan fingerprint density at radius 2 is 1.73 bits per heavy atom. The monoisotopic (exact) mass is 646 g/mol. The second-order valence-corrected chi connectivity index (χ2v) is 13.7. The fourth-order valence-electron chi connectivity index (χ4n) is 4.45. The van der Waals surface area contributed by atoms with Crippen LogP contribution in [0.3, 0.4) is 0 Å². The van der Waals surface area contributed by atoms with Gasteiger partial charge in [0.05, 0.1) is 16.0 Å². The Labute approximate surface area is 264 Å². The molecule has 2 N–H and O–H groups in total. The van der Waals surface area contributed by atoms with Gasteiger partial charge in [-0.05, 0) is 41.5 Å². The minimum absolute atomic E-state index is 0.0249. The van der Waals surface area contributed by atoms with Crippen LogP contribution in [0.1, 0.15) is 12.0 Å². The van der Waals surface area contributed by atoms with E-state index in [0.717, 1.165) is 26.8 Å². The summed E-state index contributed by atoms with van der Waals surface area (Å²) in [6, 6.07) is 24.6. The van der Waals surface area contributed by atoms with Crippen LogP contribution < -0.4 is 20.3 Å². The Morgan fingerprint density at radius 1 is 0.978 bits per heavy atom. The summed E-state index contributed by atoms with van der Waals surface area (Å²) in [5, 5.41) is 5.70. The maximum absolute atomic E-state index is 15.1. The smallest absolute Gasteiger partial charge is 0.236 e. The second kappa shape index (κ2) is 14.0. The van der Waals surface area contributed by atoms with E-state index in [1.807, 2.05) is 36.4 Å². The summed E-state index contributed by atoms with van der Waals surface area (Å²) < 4.78 is 44.4. The van der Waals surface area contributed by atoms with Gasteiger partial charge in [0.25, 0.3) is 0 Å². The highest BCUT2D eigenvalue weighted by Gasteiger charge is 2.17. The van der Waals surface area contributed by atoms with Crippen LogP contribution in [0, 0.1) is 5.82 Å². The highest BCUT2D eigenvalue weighted by Crippen LogP contribution is 2.39. The molecule has 5 rings (SSSR count). The minimum atomic E-state index is -3.01. The number of nitrogens with one attached hydrogen (secondary N) is 2. The van der Waals surface area contributed by atoms with Gasteiger partial charge in [-0.1, -0.05) is 42.5 Å². The highest BCUT2D eigenvalue weighted by molar-refractivity contribution is 7.90. The molecule has 0 bridgehead atoms. The van der Waals surface area contributed by atoms with Gasteiger partial charge in [-0.25, -0.2) is 12.8 Å². The highest BCUT2D eigenvalue weighted by atomic mass is 32.2. The van der Waals surface area contributed by atoms with Gasteiger partial charge in [0, 0.05) is 61.0 Å². The lowest BCUT2D eigenvalue weighted by Gasteiger charge is -2.17. The number of hydrogen-bond acceptors (Lipinski definition) is 8. The molecule has 0 saturated carbocycles. The Kier molecular flexibility index (Phi) is 9.87. The van der Waals surface area contributed by atoms with Gasteiger partial charge in [-0.3, -0.25) is 14.6 Å². The van der Waals surface area contributed by atoms with E-state index >= 15 is 4.39 Å². The predicted molar refractivity (Wildman–Crippen MR) is 176 cm³/mol. The number of sulfone groups is 1. The van der Waals surface area contributed by atoms with E-state index in [9.17, 15) is 18.0 Å². The van der Waals surface area contributed by atoms with Gasteiger partial charge in [-0.2, -0.15) is 0 Å². The standard InChI is InChI=1S/C33H31FN4O5S2/c1-38(25-6-4-3-5-7-25)32(40)20-31(39)37-24-12-13-28(26(34)18-24)43-29-14-15-36-27-19-30(44-33(27)29)23-10-8-22(9-11-23)21-35-16-17-45(2,41)42/h3-15,18-19,35H,16-17,20-21H2,1-2H3,(H,37,39). The molecule has 0 unspecified atom stereocenters. The number of halogens is 1. The molecule has 5 aromatic rings. The molecular formula is C33H31FN4O5S2. The van der Waals surface area contributed by atoms with Crippen LogP contribution in [0.25, 0.3) is 20.7 Å². The molecule has 0 radical (unpaired) electrons. The van der Waals surface area contributed by atoms with E-state index in [0.29, 0.717) is 30.0 Å². The van der Waals surface area contributed by atoms with Crippen LogP contribution in [0.4, 0.5) is 15.8 Å². The fourth-order valence-corrected chi connectivity index (χ4v) is 6.04. The molecule has 232 valence electrons. The number of para-hydroxylation sites is 1. The summed E-state index contributed by atoms with van der Waals surface area (Å²) >= 11 is 1.46. The summed E-state index contributed by atoms with van der Waals surface area (Å²) in [7, 11) is -1.42. The van der Waals surface area contributed by atoms with E-state index in [1.165, 1.54) is 34.6 Å². The first-order valence-electron chi connectivity index (χ1n) is 14.0. The first-order chi connectivity index (χ1) is 21.6. The van der Waals surface area contributed by atoms with Crippen molar-refractivity contribution in [2.75, 3.05) is 35.8 Å². The van der Waals surface area contributed by atoms with Crippen molar-refractivity contribution in [3.05, 3.63) is 103 Å². The first kappa shape index (κ1) is 31.8. The van der Waals surface area contributed by atoms with Gasteiger partial charge in [0.2, 0.25) is 11.8 Å². The minimum Gasteiger partial charge on any atom is -0.453 e. The molecule has 0 aliphatic carbocycles. The summed E-state index contributed by atoms with van der Waals surface area (Å²) in [6.07, 6.45) is 2.41. The van der Waals surface area contributed by atoms with Crippen molar-refractivity contribution in [2.45, 2.75) is 13.0 Å². The Balaban J connectivity index is 1.22. The van der Waals surface area contributed by atoms with E-state index in [2.05, 4.69) is 15.6 Å². The molecule has 0 spiro atoms. The number of carbonyl (C=O) groups excluding carboxylic acids is 2. The van der Waals surface area contributed by atoms with Crippen molar-refractivity contribution in [1.82, 2.24) is 10.3 Å². The third-order valence-electron chi connectivity index (χ3n) is 6.86. The zero-order valence-corrected chi connectivity index (χ0v) is 26.3. The molecule has 0 aliphatic rings. The second-order valence-electron chi connectivity index (χ2n) is 10.4. The van der Waals surface area contributed by atoms with E-state index in [4.69, 9.17) is 4.74 Å². The number of thiophene rings is 1. The third-order valence-corrected chi connectivity index (χ3v) is 8.99. The SMILES string of the molecule is CN(C(=O)CC(=O)Nc1ccc(Oc2ccnc3cc(-c4ccc(CNCCS(C)(=O)=O)cc4)sc23)c(F)c1)c1ccccc1. The summed E-state index contributed by atoms with van der Waals surface area (Å²) in [4.78, 5) is 31.8. The van der Waals surface area contributed by atoms with Crippen molar-refractivity contribution in [3.63, 3.8) is 0 Å². The van der Waals surface area contributed by atoms with Crippen LogP contribution >= 0.6 is 11.3 Å². The lowest BCUT2D eigenvalue weighted by Crippen LogP contribution is -2.30. The molecule has 3 aromatic carbocycles. The summed E-state index contributed by atoms with van der Waals surface area (Å²) in [5.74, 6) is -1.13. The number of pyridine rings is 1. The number of anilines is 2. The molecular weight excluding hydrogens is 616 g/mol. The third kappa shape index (κ3) is 8.50. The normalized spacial score (nSPS) is 11.4. The number of aromatic nitrogens is 1. The average molecular weight is 647 g/mol. The molecule has 9 nitrogen and oxygen atoms in total. The number of rotatable bonds is 12. The van der Waals surface area contributed by atoms with E-state index < -0.39 is 33.9 Å². The maximum Gasteiger partial charge on any atom is 0.236 e. The van der Waals surface area contributed by atoms with Gasteiger partial charge in [-0.15, -0.1) is 11.3 Å². The number of ether oxygens (including phenoxy) is 1. The largest absolute Gasteiger partial charge is 0.453 e. The number of carbonyl (C=O) groups is 2. The number of benzene rings is 3. The number of amides is 2. The summed E-state index contributed by atoms with van der Waals surface area (Å²) in [5.41, 5.74) is 3.57. The topological polar surface area (TPSA) is 118 Å². The molecule has 12 heteroatoms. The summed E-state index contributed by atoms with van der Waals surface area (Å²) in [6.45, 7) is 0.941. The molecule has 0 atom stereocenters. The van der Waals surface area contributed by atoms with Crippen molar-refractivity contribution >= 4 is 54.6 Å². The molecule has 2 aromatic heterocycles.